The van der Waals surface area contributed by atoms with Crippen molar-refractivity contribution < 1.29 is 9.53 Å². The summed E-state index contributed by atoms with van der Waals surface area (Å²) in [7, 11) is 0. The maximum atomic E-state index is 11.2. The van der Waals surface area contributed by atoms with Gasteiger partial charge in [0, 0.05) is 41.9 Å². The van der Waals surface area contributed by atoms with Crippen molar-refractivity contribution in [3.63, 3.8) is 0 Å². The minimum atomic E-state index is 0.00861. The van der Waals surface area contributed by atoms with Gasteiger partial charge in [0.15, 0.2) is 0 Å². The molecule has 1 saturated carbocycles. The van der Waals surface area contributed by atoms with Gasteiger partial charge in [-0.05, 0) is 42.5 Å². The van der Waals surface area contributed by atoms with Crippen LogP contribution in [0.15, 0.2) is 61.1 Å². The van der Waals surface area contributed by atoms with Crippen LogP contribution in [-0.2, 0) is 11.4 Å². The van der Waals surface area contributed by atoms with Crippen LogP contribution in [0.2, 0.25) is 5.02 Å². The van der Waals surface area contributed by atoms with E-state index in [0.717, 1.165) is 46.3 Å². The molecule has 34 heavy (non-hydrogen) atoms. The number of hydrogen-bond acceptors (Lipinski definition) is 5. The molecule has 7 nitrogen and oxygen atoms in total. The number of hydrogen-bond donors (Lipinski definition) is 2. The molecular formula is C26H26ClN5O2. The molecule has 1 amide bonds. The normalized spacial score (nSPS) is 17.4. The molecule has 2 aromatic heterocycles. The third-order valence-electron chi connectivity index (χ3n) is 6.38. The maximum absolute atomic E-state index is 11.2. The quantitative estimate of drug-likeness (QED) is 0.392. The average Bonchev–Trinajstić information content (AvgIpc) is 3.18. The fourth-order valence-corrected chi connectivity index (χ4v) is 4.71. The Balaban J connectivity index is 1.41. The number of carbonyl (C=O) groups excluding carboxylic acids is 1. The van der Waals surface area contributed by atoms with Crippen LogP contribution in [0.3, 0.4) is 0 Å². The first kappa shape index (κ1) is 22.2. The van der Waals surface area contributed by atoms with E-state index in [1.165, 1.54) is 6.33 Å². The Morgan fingerprint density at radius 1 is 1.21 bits per heavy atom. The Kier molecular flexibility index (Phi) is 6.11. The Bertz CT molecular complexity index is 1350. The molecule has 2 heterocycles. The number of aromatic nitrogens is 3. The Morgan fingerprint density at radius 3 is 2.82 bits per heavy atom. The van der Waals surface area contributed by atoms with E-state index >= 15 is 0 Å². The van der Waals surface area contributed by atoms with Gasteiger partial charge in [0.2, 0.25) is 5.91 Å². The molecule has 3 N–H and O–H groups in total. The van der Waals surface area contributed by atoms with Gasteiger partial charge in [-0.2, -0.15) is 0 Å². The molecule has 0 saturated heterocycles. The number of amides is 1. The van der Waals surface area contributed by atoms with Crippen molar-refractivity contribution in [3.8, 4) is 16.9 Å². The second-order valence-electron chi connectivity index (χ2n) is 8.74. The van der Waals surface area contributed by atoms with Crippen molar-refractivity contribution in [3.05, 3.63) is 71.6 Å². The van der Waals surface area contributed by atoms with Crippen LogP contribution in [0.1, 0.15) is 31.4 Å². The first-order chi connectivity index (χ1) is 16.5. The van der Waals surface area contributed by atoms with Gasteiger partial charge in [0.1, 0.15) is 30.1 Å². The summed E-state index contributed by atoms with van der Waals surface area (Å²) in [5.74, 6) is 1.67. The zero-order valence-corrected chi connectivity index (χ0v) is 19.6. The van der Waals surface area contributed by atoms with Gasteiger partial charge < -0.3 is 20.4 Å². The van der Waals surface area contributed by atoms with E-state index < -0.39 is 0 Å². The van der Waals surface area contributed by atoms with Gasteiger partial charge in [0.25, 0.3) is 0 Å². The predicted molar refractivity (Wildman–Crippen MR) is 134 cm³/mol. The lowest BCUT2D eigenvalue weighted by Crippen LogP contribution is -2.36. The number of carbonyl (C=O) groups is 1. The summed E-state index contributed by atoms with van der Waals surface area (Å²) in [5.41, 5.74) is 10.0. The maximum Gasteiger partial charge on any atom is 0.216 e. The van der Waals surface area contributed by atoms with Crippen LogP contribution in [0.4, 0.5) is 5.82 Å². The van der Waals surface area contributed by atoms with E-state index in [2.05, 4.69) is 26.0 Å². The van der Waals surface area contributed by atoms with Crippen LogP contribution in [0.25, 0.3) is 22.2 Å². The lowest BCUT2D eigenvalue weighted by Gasteiger charge is -2.36. The molecule has 5 rings (SSSR count). The fourth-order valence-electron chi connectivity index (χ4n) is 4.52. The third kappa shape index (κ3) is 4.43. The summed E-state index contributed by atoms with van der Waals surface area (Å²) in [4.78, 5) is 20.0. The molecule has 0 unspecified atom stereocenters. The first-order valence-electron chi connectivity index (χ1n) is 11.3. The predicted octanol–water partition coefficient (Wildman–Crippen LogP) is 5.00. The molecule has 8 heteroatoms. The number of nitrogen functional groups attached to an aromatic ring is 1. The van der Waals surface area contributed by atoms with E-state index in [1.807, 2.05) is 48.5 Å². The van der Waals surface area contributed by atoms with Crippen molar-refractivity contribution in [2.24, 2.45) is 5.92 Å². The highest BCUT2D eigenvalue weighted by Gasteiger charge is 2.32. The van der Waals surface area contributed by atoms with E-state index in [9.17, 15) is 4.79 Å². The van der Waals surface area contributed by atoms with Crippen molar-refractivity contribution in [1.82, 2.24) is 19.9 Å². The van der Waals surface area contributed by atoms with E-state index in [4.69, 9.17) is 22.1 Å². The summed E-state index contributed by atoms with van der Waals surface area (Å²) in [6.45, 7) is 2.64. The molecule has 1 aliphatic rings. The number of rotatable bonds is 7. The van der Waals surface area contributed by atoms with Crippen LogP contribution in [0, 0.1) is 5.92 Å². The minimum Gasteiger partial charge on any atom is -0.489 e. The third-order valence-corrected chi connectivity index (χ3v) is 6.75. The summed E-state index contributed by atoms with van der Waals surface area (Å²) in [6, 6.07) is 15.9. The van der Waals surface area contributed by atoms with Gasteiger partial charge in [-0.15, -0.1) is 0 Å². The number of fused-ring (bicyclic) bond motifs is 1. The van der Waals surface area contributed by atoms with Crippen molar-refractivity contribution in [2.45, 2.75) is 32.4 Å². The number of nitrogens with one attached hydrogen (secondary N) is 1. The number of ether oxygens (including phenoxy) is 1. The zero-order chi connectivity index (χ0) is 23.7. The number of nitrogens with zero attached hydrogens (tertiary/aromatic N) is 3. The second-order valence-corrected chi connectivity index (χ2v) is 9.15. The molecule has 0 aliphatic heterocycles. The van der Waals surface area contributed by atoms with Gasteiger partial charge in [0.05, 0.1) is 5.39 Å². The van der Waals surface area contributed by atoms with E-state index in [1.54, 1.807) is 6.92 Å². The summed E-state index contributed by atoms with van der Waals surface area (Å²) in [6.07, 6.45) is 5.58. The monoisotopic (exact) mass is 475 g/mol. The Morgan fingerprint density at radius 2 is 2.03 bits per heavy atom. The highest BCUT2D eigenvalue weighted by molar-refractivity contribution is 6.31. The Labute approximate surface area is 202 Å². The topological polar surface area (TPSA) is 95.1 Å². The molecule has 0 bridgehead atoms. The largest absolute Gasteiger partial charge is 0.489 e. The first-order valence-corrected chi connectivity index (χ1v) is 11.7. The standard InChI is InChI=1S/C26H26ClN5O2/c1-16(33)29-12-17-9-20(10-17)32-13-22(24-25(28)30-15-31-26(24)32)18-6-4-7-21(11-18)34-14-19-5-2-3-8-23(19)27/h2-8,11,13,15,17,20H,9-10,12,14H2,1H3,(H,29,33)(H2,28,30,31)/t17-,20+. The van der Waals surface area contributed by atoms with Crippen molar-refractivity contribution in [1.29, 1.82) is 0 Å². The number of nitrogens with two attached hydrogens (primary N) is 1. The molecule has 0 radical (unpaired) electrons. The van der Waals surface area contributed by atoms with Gasteiger partial charge in [-0.1, -0.05) is 41.9 Å². The Hall–Kier alpha value is -3.58. The van der Waals surface area contributed by atoms with Crippen LogP contribution < -0.4 is 15.8 Å². The molecule has 174 valence electrons. The SMILES string of the molecule is CC(=O)NC[C@H]1C[C@@H](n2cc(-c3cccc(OCc4ccccc4Cl)c3)c3c(N)ncnc32)C1. The fraction of sp³-hybridized carbons (Fsp3) is 0.269. The second kappa shape index (κ2) is 9.35. The van der Waals surface area contributed by atoms with E-state index in [-0.39, 0.29) is 5.91 Å². The van der Waals surface area contributed by atoms with Crippen molar-refractivity contribution >= 4 is 34.4 Å². The highest BCUT2D eigenvalue weighted by atomic mass is 35.5. The lowest BCUT2D eigenvalue weighted by molar-refractivity contribution is -0.119. The molecule has 0 spiro atoms. The van der Waals surface area contributed by atoms with Crippen molar-refractivity contribution in [2.75, 3.05) is 12.3 Å². The number of halogens is 1. The zero-order valence-electron chi connectivity index (χ0n) is 18.9. The molecule has 1 aliphatic carbocycles. The molecule has 2 aromatic carbocycles. The number of benzene rings is 2. The van der Waals surface area contributed by atoms with Crippen LogP contribution in [-0.4, -0.2) is 27.0 Å². The molecule has 4 aromatic rings. The minimum absolute atomic E-state index is 0.00861. The highest BCUT2D eigenvalue weighted by Crippen LogP contribution is 2.43. The molecule has 0 atom stereocenters. The molecular weight excluding hydrogens is 450 g/mol. The number of anilines is 1. The lowest BCUT2D eigenvalue weighted by atomic mass is 9.80. The summed E-state index contributed by atoms with van der Waals surface area (Å²) >= 11 is 6.27. The average molecular weight is 476 g/mol. The summed E-state index contributed by atoms with van der Waals surface area (Å²) < 4.78 is 8.23. The van der Waals surface area contributed by atoms with Crippen LogP contribution >= 0.6 is 11.6 Å². The van der Waals surface area contributed by atoms with Gasteiger partial charge in [-0.25, -0.2) is 9.97 Å². The molecule has 1 fully saturated rings. The summed E-state index contributed by atoms with van der Waals surface area (Å²) in [5, 5.41) is 4.44. The smallest absolute Gasteiger partial charge is 0.216 e. The van der Waals surface area contributed by atoms with Gasteiger partial charge in [-0.3, -0.25) is 4.79 Å². The van der Waals surface area contributed by atoms with E-state index in [0.29, 0.717) is 36.0 Å². The van der Waals surface area contributed by atoms with Gasteiger partial charge >= 0.3 is 0 Å². The van der Waals surface area contributed by atoms with Crippen LogP contribution in [0.5, 0.6) is 5.75 Å².